The number of nitrogens with zero attached hydrogens (tertiary/aromatic N) is 2. The fourth-order valence-corrected chi connectivity index (χ4v) is 2.25. The van der Waals surface area contributed by atoms with Crippen molar-refractivity contribution in [1.82, 2.24) is 20.5 Å². The topological polar surface area (TPSA) is 90.9 Å². The third kappa shape index (κ3) is 4.13. The van der Waals surface area contributed by atoms with Crippen LogP contribution in [0.4, 0.5) is 0 Å². The van der Waals surface area contributed by atoms with Gasteiger partial charge in [0.1, 0.15) is 11.4 Å². The molecule has 1 atom stereocenters. The molecular weight excluding hydrogens is 268 g/mol. The molecule has 6 heteroatoms. The van der Waals surface area contributed by atoms with E-state index in [0.29, 0.717) is 23.5 Å². The first-order valence-corrected chi connectivity index (χ1v) is 6.85. The summed E-state index contributed by atoms with van der Waals surface area (Å²) in [4.78, 5) is 16.4. The molecule has 21 heavy (non-hydrogen) atoms. The van der Waals surface area contributed by atoms with Gasteiger partial charge in [-0.15, -0.1) is 0 Å². The van der Waals surface area contributed by atoms with Crippen molar-refractivity contribution in [3.8, 4) is 11.4 Å². The first kappa shape index (κ1) is 15.2. The molecule has 0 aromatic carbocycles. The largest absolute Gasteiger partial charge is 0.393 e. The second kappa shape index (κ2) is 6.05. The molecule has 0 aliphatic rings. The highest BCUT2D eigenvalue weighted by Gasteiger charge is 2.24. The second-order valence-electron chi connectivity index (χ2n) is 5.77. The molecular formula is C15H20N4O2. The Bertz CT molecular complexity index is 605. The monoisotopic (exact) mass is 288 g/mol. The zero-order valence-electron chi connectivity index (χ0n) is 12.4. The molecule has 2 aromatic heterocycles. The van der Waals surface area contributed by atoms with E-state index in [2.05, 4.69) is 20.5 Å². The Labute approximate surface area is 123 Å². The van der Waals surface area contributed by atoms with E-state index >= 15 is 0 Å². The summed E-state index contributed by atoms with van der Waals surface area (Å²) in [7, 11) is 0. The van der Waals surface area contributed by atoms with Crippen LogP contribution in [-0.2, 0) is 0 Å². The lowest BCUT2D eigenvalue weighted by Gasteiger charge is -2.27. The van der Waals surface area contributed by atoms with E-state index in [4.69, 9.17) is 0 Å². The molecule has 0 spiro atoms. The van der Waals surface area contributed by atoms with Gasteiger partial charge in [-0.1, -0.05) is 6.07 Å². The van der Waals surface area contributed by atoms with E-state index in [-0.39, 0.29) is 5.91 Å². The van der Waals surface area contributed by atoms with Crippen LogP contribution in [0.2, 0.25) is 0 Å². The minimum atomic E-state index is -0.498. The summed E-state index contributed by atoms with van der Waals surface area (Å²) < 4.78 is 0. The van der Waals surface area contributed by atoms with Crippen LogP contribution in [0.5, 0.6) is 0 Å². The quantitative estimate of drug-likeness (QED) is 0.781. The minimum absolute atomic E-state index is 0.254. The molecule has 0 aliphatic heterocycles. The Hall–Kier alpha value is -2.21. The summed E-state index contributed by atoms with van der Waals surface area (Å²) in [6.07, 6.45) is 1.67. The van der Waals surface area contributed by atoms with Gasteiger partial charge in [-0.05, 0) is 45.4 Å². The number of nitrogens with one attached hydrogen (secondary N) is 2. The fraction of sp³-hybridized carbons (Fsp3) is 0.400. The van der Waals surface area contributed by atoms with Gasteiger partial charge >= 0.3 is 0 Å². The van der Waals surface area contributed by atoms with Crippen LogP contribution in [0.1, 0.15) is 37.7 Å². The van der Waals surface area contributed by atoms with Gasteiger partial charge in [-0.3, -0.25) is 14.9 Å². The van der Waals surface area contributed by atoms with Crippen molar-refractivity contribution in [2.45, 2.75) is 38.8 Å². The molecule has 2 aromatic rings. The predicted octanol–water partition coefficient (Wildman–Crippen LogP) is 1.75. The van der Waals surface area contributed by atoms with Crippen molar-refractivity contribution in [3.63, 3.8) is 0 Å². The zero-order chi connectivity index (χ0) is 15.5. The fourth-order valence-electron chi connectivity index (χ4n) is 2.25. The molecule has 0 saturated carbocycles. The number of H-pyrrole nitrogens is 1. The zero-order valence-corrected chi connectivity index (χ0v) is 12.4. The molecule has 3 N–H and O–H groups in total. The summed E-state index contributed by atoms with van der Waals surface area (Å²) in [6, 6.07) is 7.18. The highest BCUT2D eigenvalue weighted by Crippen LogP contribution is 2.16. The number of aliphatic hydroxyl groups excluding tert-OH is 1. The number of rotatable bonds is 5. The molecule has 2 heterocycles. The number of carbonyl (C=O) groups excluding carboxylic acids is 1. The SMILES string of the molecule is C[C@@H](O)CC(C)(C)NC(=O)c1cc(-c2ccccn2)n[nH]1. The van der Waals surface area contributed by atoms with E-state index in [1.54, 1.807) is 19.2 Å². The molecule has 1 amide bonds. The smallest absolute Gasteiger partial charge is 0.269 e. The lowest BCUT2D eigenvalue weighted by molar-refractivity contribution is 0.0864. The van der Waals surface area contributed by atoms with Gasteiger partial charge < -0.3 is 10.4 Å². The number of aromatic nitrogens is 3. The first-order valence-electron chi connectivity index (χ1n) is 6.85. The Morgan fingerprint density at radius 3 is 2.81 bits per heavy atom. The Kier molecular flexibility index (Phi) is 4.37. The minimum Gasteiger partial charge on any atom is -0.393 e. The summed E-state index contributed by atoms with van der Waals surface area (Å²) in [5, 5.41) is 19.1. The summed E-state index contributed by atoms with van der Waals surface area (Å²) in [5.41, 5.74) is 1.20. The van der Waals surface area contributed by atoms with Crippen LogP contribution < -0.4 is 5.32 Å². The summed E-state index contributed by atoms with van der Waals surface area (Å²) >= 11 is 0. The maximum atomic E-state index is 12.2. The van der Waals surface area contributed by atoms with E-state index in [0.717, 1.165) is 0 Å². The summed E-state index contributed by atoms with van der Waals surface area (Å²) in [6.45, 7) is 5.44. The van der Waals surface area contributed by atoms with E-state index < -0.39 is 11.6 Å². The van der Waals surface area contributed by atoms with Gasteiger partial charge in [-0.2, -0.15) is 5.10 Å². The van der Waals surface area contributed by atoms with Crippen molar-refractivity contribution in [2.24, 2.45) is 0 Å². The third-order valence-corrected chi connectivity index (χ3v) is 3.01. The van der Waals surface area contributed by atoms with Crippen molar-refractivity contribution >= 4 is 5.91 Å². The number of carbonyl (C=O) groups is 1. The number of aliphatic hydroxyl groups is 1. The number of aromatic amines is 1. The number of hydrogen-bond donors (Lipinski definition) is 3. The van der Waals surface area contributed by atoms with Crippen LogP contribution >= 0.6 is 0 Å². The maximum absolute atomic E-state index is 12.2. The van der Waals surface area contributed by atoms with Crippen LogP contribution in [0.25, 0.3) is 11.4 Å². The van der Waals surface area contributed by atoms with Gasteiger partial charge in [-0.25, -0.2) is 0 Å². The molecule has 2 rings (SSSR count). The molecule has 0 bridgehead atoms. The average molecular weight is 288 g/mol. The van der Waals surface area contributed by atoms with E-state index in [9.17, 15) is 9.90 Å². The maximum Gasteiger partial charge on any atom is 0.269 e. The Morgan fingerprint density at radius 2 is 2.19 bits per heavy atom. The van der Waals surface area contributed by atoms with Crippen LogP contribution in [0, 0.1) is 0 Å². The Balaban J connectivity index is 2.09. The normalized spacial score (nSPS) is 13.0. The van der Waals surface area contributed by atoms with Crippen LogP contribution in [0.15, 0.2) is 30.5 Å². The van der Waals surface area contributed by atoms with Gasteiger partial charge in [0, 0.05) is 11.7 Å². The third-order valence-electron chi connectivity index (χ3n) is 3.01. The van der Waals surface area contributed by atoms with Crippen molar-refractivity contribution in [1.29, 1.82) is 0 Å². The molecule has 0 aliphatic carbocycles. The van der Waals surface area contributed by atoms with Crippen molar-refractivity contribution in [3.05, 3.63) is 36.2 Å². The van der Waals surface area contributed by atoms with Crippen LogP contribution in [-0.4, -0.2) is 37.8 Å². The second-order valence-corrected chi connectivity index (χ2v) is 5.77. The van der Waals surface area contributed by atoms with Crippen molar-refractivity contribution in [2.75, 3.05) is 0 Å². The first-order chi connectivity index (χ1) is 9.87. The van der Waals surface area contributed by atoms with Gasteiger partial charge in [0.05, 0.1) is 11.8 Å². The molecule has 0 unspecified atom stereocenters. The number of amides is 1. The van der Waals surface area contributed by atoms with Gasteiger partial charge in [0.25, 0.3) is 5.91 Å². The molecule has 0 radical (unpaired) electrons. The van der Waals surface area contributed by atoms with E-state index in [1.807, 2.05) is 32.0 Å². The standard InChI is InChI=1S/C15H20N4O2/c1-10(20)9-15(2,3)17-14(21)13-8-12(18-19-13)11-6-4-5-7-16-11/h4-8,10,20H,9H2,1-3H3,(H,17,21)(H,18,19)/t10-/m1/s1. The molecule has 0 fully saturated rings. The van der Waals surface area contributed by atoms with Crippen LogP contribution in [0.3, 0.4) is 0 Å². The molecule has 0 saturated heterocycles. The molecule has 6 nitrogen and oxygen atoms in total. The number of hydrogen-bond acceptors (Lipinski definition) is 4. The Morgan fingerprint density at radius 1 is 1.43 bits per heavy atom. The van der Waals surface area contributed by atoms with Gasteiger partial charge in [0.15, 0.2) is 0 Å². The predicted molar refractivity (Wildman–Crippen MR) is 79.7 cm³/mol. The average Bonchev–Trinajstić information content (AvgIpc) is 2.87. The van der Waals surface area contributed by atoms with Crippen molar-refractivity contribution < 1.29 is 9.90 Å². The highest BCUT2D eigenvalue weighted by atomic mass is 16.3. The van der Waals surface area contributed by atoms with E-state index in [1.165, 1.54) is 0 Å². The highest BCUT2D eigenvalue weighted by molar-refractivity contribution is 5.93. The lowest BCUT2D eigenvalue weighted by Crippen LogP contribution is -2.45. The lowest BCUT2D eigenvalue weighted by atomic mass is 9.97. The van der Waals surface area contributed by atoms with Gasteiger partial charge in [0.2, 0.25) is 0 Å². The summed E-state index contributed by atoms with van der Waals surface area (Å²) in [5.74, 6) is -0.254. The molecule has 112 valence electrons. The number of pyridine rings is 1.